The van der Waals surface area contributed by atoms with Crippen LogP contribution in [-0.4, -0.2) is 26.3 Å². The van der Waals surface area contributed by atoms with Gasteiger partial charge in [0.2, 0.25) is 0 Å². The van der Waals surface area contributed by atoms with E-state index in [4.69, 9.17) is 19.8 Å². The largest absolute Gasteiger partial charge is 0.264 e. The van der Waals surface area contributed by atoms with Gasteiger partial charge in [-0.2, -0.15) is 0 Å². The maximum Gasteiger partial charge on any atom is 0.164 e. The van der Waals surface area contributed by atoms with Crippen LogP contribution in [0, 0.1) is 5.92 Å². The second kappa shape index (κ2) is 16.0. The first kappa shape index (κ1) is 35.8. The molecule has 6 aromatic rings. The summed E-state index contributed by atoms with van der Waals surface area (Å²) in [6, 6.07) is 43.6. The lowest BCUT2D eigenvalue weighted by Crippen LogP contribution is -2.22. The molecule has 0 amide bonds. The number of aromatic nitrogens is 3. The SMILES string of the molecule is CC(C)ON(O)c1ccc(-c2nc(C3=CCC(c4c(C5=CC=CCC5C)cc(-c5ccccc5)cc4-c4ccccc4)C=C3)nc(-c3ccccc3)n2)cc1. The Morgan fingerprint density at radius 1 is 0.655 bits per heavy atom. The van der Waals surface area contributed by atoms with Gasteiger partial charge in [0.1, 0.15) is 0 Å². The van der Waals surface area contributed by atoms with Gasteiger partial charge in [-0.15, -0.1) is 5.23 Å². The Morgan fingerprint density at radius 2 is 1.24 bits per heavy atom. The number of allylic oxidation sites excluding steroid dienone is 8. The van der Waals surface area contributed by atoms with E-state index in [1.165, 1.54) is 39.0 Å². The number of hydrogen-bond donors (Lipinski definition) is 1. The van der Waals surface area contributed by atoms with Gasteiger partial charge < -0.3 is 0 Å². The summed E-state index contributed by atoms with van der Waals surface area (Å²) in [6.45, 7) is 6.06. The maximum absolute atomic E-state index is 10.4. The van der Waals surface area contributed by atoms with Crippen LogP contribution < -0.4 is 5.23 Å². The molecule has 272 valence electrons. The highest BCUT2D eigenvalue weighted by Gasteiger charge is 2.26. The predicted octanol–water partition coefficient (Wildman–Crippen LogP) is 12.2. The van der Waals surface area contributed by atoms with Crippen molar-refractivity contribution in [2.24, 2.45) is 5.92 Å². The summed E-state index contributed by atoms with van der Waals surface area (Å²) in [5, 5.41) is 11.2. The highest BCUT2D eigenvalue weighted by molar-refractivity contribution is 5.86. The van der Waals surface area contributed by atoms with Gasteiger partial charge in [-0.25, -0.2) is 19.8 Å². The van der Waals surface area contributed by atoms with Crippen molar-refractivity contribution in [3.63, 3.8) is 0 Å². The van der Waals surface area contributed by atoms with Gasteiger partial charge in [-0.05, 0) is 108 Å². The van der Waals surface area contributed by atoms with Crippen molar-refractivity contribution in [1.29, 1.82) is 0 Å². The molecule has 2 aliphatic rings. The summed E-state index contributed by atoms with van der Waals surface area (Å²) in [7, 11) is 0. The second-order valence-corrected chi connectivity index (χ2v) is 14.4. The molecule has 5 aromatic carbocycles. The van der Waals surface area contributed by atoms with Crippen LogP contribution in [0.2, 0.25) is 0 Å². The van der Waals surface area contributed by atoms with E-state index in [9.17, 15) is 5.21 Å². The molecule has 6 nitrogen and oxygen atoms in total. The first-order valence-corrected chi connectivity index (χ1v) is 19.0. The lowest BCUT2D eigenvalue weighted by atomic mass is 9.76. The van der Waals surface area contributed by atoms with Gasteiger partial charge in [0.25, 0.3) is 0 Å². The predicted molar refractivity (Wildman–Crippen MR) is 224 cm³/mol. The molecule has 2 aliphatic carbocycles. The van der Waals surface area contributed by atoms with E-state index in [0.717, 1.165) is 34.8 Å². The van der Waals surface area contributed by atoms with Crippen molar-refractivity contribution < 1.29 is 10.0 Å². The zero-order chi connectivity index (χ0) is 37.7. The third-order valence-electron chi connectivity index (χ3n) is 10.2. The standard InChI is InChI=1S/C49H44N4O2/c1-33(2)55-53(54)42-29-27-40(28-30-42)49-51-47(38-20-11-6-12-21-38)50-48(52-49)39-25-23-37(24-26-39)46-44(36-18-9-5-10-19-36)31-41(35-16-7-4-8-17-35)32-45(46)43-22-14-13-15-34(43)3/h4-14,16-23,25-34,37,54H,15,24H2,1-3H3. The quantitative estimate of drug-likeness (QED) is 0.142. The highest BCUT2D eigenvalue weighted by atomic mass is 16.9. The molecule has 0 radical (unpaired) electrons. The monoisotopic (exact) mass is 720 g/mol. The zero-order valence-electron chi connectivity index (χ0n) is 31.4. The maximum atomic E-state index is 10.4. The van der Waals surface area contributed by atoms with Crippen molar-refractivity contribution >= 4 is 16.8 Å². The lowest BCUT2D eigenvalue weighted by Gasteiger charge is -2.28. The first-order chi connectivity index (χ1) is 26.9. The minimum absolute atomic E-state index is 0.134. The summed E-state index contributed by atoms with van der Waals surface area (Å²) in [5.41, 5.74) is 12.1. The molecule has 2 atom stereocenters. The summed E-state index contributed by atoms with van der Waals surface area (Å²) in [5.74, 6) is 2.30. The van der Waals surface area contributed by atoms with Crippen LogP contribution in [0.25, 0.3) is 56.2 Å². The van der Waals surface area contributed by atoms with E-state index < -0.39 is 0 Å². The molecular weight excluding hydrogens is 677 g/mol. The number of nitrogens with zero attached hydrogens (tertiary/aromatic N) is 4. The molecule has 0 bridgehead atoms. The average Bonchev–Trinajstić information content (AvgIpc) is 3.24. The fraction of sp³-hybridized carbons (Fsp3) is 0.163. The number of hydrogen-bond acceptors (Lipinski definition) is 6. The number of rotatable bonds is 10. The fourth-order valence-electron chi connectivity index (χ4n) is 7.40. The Morgan fingerprint density at radius 3 is 1.84 bits per heavy atom. The van der Waals surface area contributed by atoms with E-state index in [1.807, 2.05) is 56.3 Å². The fourth-order valence-corrected chi connectivity index (χ4v) is 7.40. The third-order valence-corrected chi connectivity index (χ3v) is 10.2. The van der Waals surface area contributed by atoms with E-state index in [2.05, 4.69) is 116 Å². The van der Waals surface area contributed by atoms with Gasteiger partial charge in [-0.1, -0.05) is 134 Å². The Bertz CT molecular complexity index is 2400. The molecule has 1 N–H and O–H groups in total. The number of benzene rings is 5. The van der Waals surface area contributed by atoms with Crippen molar-refractivity contribution in [2.45, 2.75) is 45.6 Å². The van der Waals surface area contributed by atoms with E-state index in [-0.39, 0.29) is 12.0 Å². The van der Waals surface area contributed by atoms with Gasteiger partial charge in [-0.3, -0.25) is 5.21 Å². The lowest BCUT2D eigenvalue weighted by molar-refractivity contribution is -0.0710. The Kier molecular flexibility index (Phi) is 10.4. The van der Waals surface area contributed by atoms with Crippen molar-refractivity contribution in [3.8, 4) is 45.0 Å². The van der Waals surface area contributed by atoms with Crippen LogP contribution in [0.3, 0.4) is 0 Å². The van der Waals surface area contributed by atoms with E-state index >= 15 is 0 Å². The summed E-state index contributed by atoms with van der Waals surface area (Å²) in [6.07, 6.45) is 15.2. The van der Waals surface area contributed by atoms with E-state index in [1.54, 1.807) is 12.1 Å². The topological polar surface area (TPSA) is 71.4 Å². The van der Waals surface area contributed by atoms with Crippen LogP contribution in [0.15, 0.2) is 164 Å². The van der Waals surface area contributed by atoms with Crippen LogP contribution in [0.4, 0.5) is 5.69 Å². The summed E-state index contributed by atoms with van der Waals surface area (Å²) >= 11 is 0. The normalized spacial score (nSPS) is 16.5. The molecule has 0 spiro atoms. The summed E-state index contributed by atoms with van der Waals surface area (Å²) in [4.78, 5) is 20.4. The van der Waals surface area contributed by atoms with Crippen LogP contribution in [0.1, 0.15) is 56.5 Å². The van der Waals surface area contributed by atoms with Gasteiger partial charge in [0.15, 0.2) is 17.5 Å². The van der Waals surface area contributed by atoms with E-state index in [0.29, 0.717) is 29.1 Å². The Labute approximate surface area is 323 Å². The molecule has 0 fully saturated rings. The molecule has 8 rings (SSSR count). The average molecular weight is 721 g/mol. The second-order valence-electron chi connectivity index (χ2n) is 14.4. The molecule has 1 aromatic heterocycles. The summed E-state index contributed by atoms with van der Waals surface area (Å²) < 4.78 is 0. The molecule has 2 unspecified atom stereocenters. The van der Waals surface area contributed by atoms with Gasteiger partial charge in [0.05, 0.1) is 11.8 Å². The third kappa shape index (κ3) is 7.88. The van der Waals surface area contributed by atoms with Crippen LogP contribution in [-0.2, 0) is 4.84 Å². The van der Waals surface area contributed by atoms with Crippen LogP contribution in [0.5, 0.6) is 0 Å². The van der Waals surface area contributed by atoms with Crippen LogP contribution >= 0.6 is 0 Å². The molecule has 6 heteroatoms. The minimum atomic E-state index is -0.171. The Hall–Kier alpha value is -6.21. The van der Waals surface area contributed by atoms with Crippen molar-refractivity contribution in [2.75, 3.05) is 5.23 Å². The molecule has 0 aliphatic heterocycles. The number of anilines is 1. The van der Waals surface area contributed by atoms with Crippen molar-refractivity contribution in [3.05, 3.63) is 181 Å². The molecule has 1 heterocycles. The molecular formula is C49H44N4O2. The zero-order valence-corrected chi connectivity index (χ0v) is 31.4. The molecule has 0 saturated carbocycles. The minimum Gasteiger partial charge on any atom is -0.264 e. The van der Waals surface area contributed by atoms with Gasteiger partial charge >= 0.3 is 0 Å². The highest BCUT2D eigenvalue weighted by Crippen LogP contribution is 2.45. The smallest absolute Gasteiger partial charge is 0.164 e. The Balaban J connectivity index is 1.20. The van der Waals surface area contributed by atoms with Gasteiger partial charge in [0, 0.05) is 22.6 Å². The molecule has 0 saturated heterocycles. The molecule has 55 heavy (non-hydrogen) atoms. The first-order valence-electron chi connectivity index (χ1n) is 19.0. The van der Waals surface area contributed by atoms with Crippen molar-refractivity contribution in [1.82, 2.24) is 15.0 Å².